The van der Waals surface area contributed by atoms with Crippen LogP contribution in [-0.2, 0) is 6.54 Å². The van der Waals surface area contributed by atoms with Crippen LogP contribution in [0.3, 0.4) is 0 Å². The van der Waals surface area contributed by atoms with Crippen LogP contribution < -0.4 is 5.32 Å². The van der Waals surface area contributed by atoms with Crippen LogP contribution in [0, 0.1) is 32.5 Å². The van der Waals surface area contributed by atoms with Crippen molar-refractivity contribution in [3.05, 3.63) is 58.2 Å². The molecule has 1 N–H and O–H groups in total. The first-order chi connectivity index (χ1) is 10.8. The Kier molecular flexibility index (Phi) is 5.24. The lowest BCUT2D eigenvalue weighted by Gasteiger charge is -2.14. The van der Waals surface area contributed by atoms with Gasteiger partial charge in [0.2, 0.25) is 0 Å². The number of hydrogen-bond donors (Lipinski definition) is 1. The molecule has 1 aromatic heterocycles. The highest BCUT2D eigenvalue weighted by molar-refractivity contribution is 5.95. The van der Waals surface area contributed by atoms with E-state index in [1.807, 2.05) is 25.3 Å². The third-order valence-corrected chi connectivity index (χ3v) is 4.28. The Morgan fingerprint density at radius 1 is 1.13 bits per heavy atom. The molecule has 4 heteroatoms. The second-order valence-electron chi connectivity index (χ2n) is 6.50. The van der Waals surface area contributed by atoms with Crippen molar-refractivity contribution in [2.75, 3.05) is 6.54 Å². The number of nitrogens with zero attached hydrogens (tertiary/aromatic N) is 1. The summed E-state index contributed by atoms with van der Waals surface area (Å²) in [5.41, 5.74) is 4.88. The Morgan fingerprint density at radius 3 is 2.30 bits per heavy atom. The van der Waals surface area contributed by atoms with Gasteiger partial charge in [-0.3, -0.25) is 4.79 Å². The lowest BCUT2D eigenvalue weighted by Crippen LogP contribution is -2.30. The number of nitrogens with one attached hydrogen (secondary N) is 1. The zero-order chi connectivity index (χ0) is 17.1. The topological polar surface area (TPSA) is 34.0 Å². The fourth-order valence-corrected chi connectivity index (χ4v) is 2.66. The highest BCUT2D eigenvalue weighted by Gasteiger charge is 2.20. The maximum Gasteiger partial charge on any atom is 0.268 e. The molecule has 124 valence electrons. The molecule has 0 aliphatic heterocycles. The summed E-state index contributed by atoms with van der Waals surface area (Å²) >= 11 is 0. The largest absolute Gasteiger partial charge is 0.350 e. The van der Waals surface area contributed by atoms with Crippen LogP contribution in [0.15, 0.2) is 24.3 Å². The molecule has 23 heavy (non-hydrogen) atoms. The molecule has 0 aliphatic carbocycles. The monoisotopic (exact) mass is 316 g/mol. The third kappa shape index (κ3) is 3.81. The highest BCUT2D eigenvalue weighted by atomic mass is 19.1. The molecule has 0 bridgehead atoms. The highest BCUT2D eigenvalue weighted by Crippen LogP contribution is 2.23. The molecule has 0 fully saturated rings. The van der Waals surface area contributed by atoms with Crippen molar-refractivity contribution in [1.82, 2.24) is 9.88 Å². The van der Waals surface area contributed by atoms with E-state index in [2.05, 4.69) is 19.2 Å². The van der Waals surface area contributed by atoms with Crippen molar-refractivity contribution in [2.45, 2.75) is 41.2 Å². The first-order valence-electron chi connectivity index (χ1n) is 8.00. The van der Waals surface area contributed by atoms with E-state index in [0.717, 1.165) is 22.4 Å². The summed E-state index contributed by atoms with van der Waals surface area (Å²) in [6, 6.07) is 6.42. The Morgan fingerprint density at radius 2 is 1.74 bits per heavy atom. The minimum Gasteiger partial charge on any atom is -0.350 e. The van der Waals surface area contributed by atoms with Crippen LogP contribution in [0.2, 0.25) is 0 Å². The average molecular weight is 316 g/mol. The Bertz CT molecular complexity index is 699. The van der Waals surface area contributed by atoms with E-state index in [-0.39, 0.29) is 11.7 Å². The SMILES string of the molecule is Cc1c(C)c(C(=O)NCC(C)C)n(Cc2ccc(F)cc2)c1C. The summed E-state index contributed by atoms with van der Waals surface area (Å²) in [5, 5.41) is 3.00. The zero-order valence-corrected chi connectivity index (χ0v) is 14.5. The Labute approximate surface area is 137 Å². The van der Waals surface area contributed by atoms with Crippen molar-refractivity contribution in [3.8, 4) is 0 Å². The van der Waals surface area contributed by atoms with Gasteiger partial charge in [0.25, 0.3) is 5.91 Å². The van der Waals surface area contributed by atoms with Crippen LogP contribution in [0.1, 0.15) is 46.7 Å². The lowest BCUT2D eigenvalue weighted by atomic mass is 10.1. The van der Waals surface area contributed by atoms with Crippen LogP contribution >= 0.6 is 0 Å². The normalized spacial score (nSPS) is 11.1. The van der Waals surface area contributed by atoms with Gasteiger partial charge in [-0.05, 0) is 55.5 Å². The summed E-state index contributed by atoms with van der Waals surface area (Å²) in [6.45, 7) is 11.4. The maximum absolute atomic E-state index is 13.1. The van der Waals surface area contributed by atoms with E-state index < -0.39 is 0 Å². The number of amides is 1. The van der Waals surface area contributed by atoms with Crippen LogP contribution in [0.25, 0.3) is 0 Å². The summed E-state index contributed by atoms with van der Waals surface area (Å²) in [6.07, 6.45) is 0. The fourth-order valence-electron chi connectivity index (χ4n) is 2.66. The molecule has 0 spiro atoms. The van der Waals surface area contributed by atoms with Crippen molar-refractivity contribution < 1.29 is 9.18 Å². The van der Waals surface area contributed by atoms with Crippen LogP contribution in [0.5, 0.6) is 0 Å². The lowest BCUT2D eigenvalue weighted by molar-refractivity contribution is 0.0939. The molecule has 0 saturated carbocycles. The molecule has 2 aromatic rings. The van der Waals surface area contributed by atoms with Crippen molar-refractivity contribution in [1.29, 1.82) is 0 Å². The van der Waals surface area contributed by atoms with E-state index >= 15 is 0 Å². The molecule has 3 nitrogen and oxygen atoms in total. The molecule has 1 heterocycles. The van der Waals surface area contributed by atoms with E-state index in [1.54, 1.807) is 12.1 Å². The standard InChI is InChI=1S/C19H25FN2O/c1-12(2)10-21-19(23)18-14(4)13(3)15(5)22(18)11-16-6-8-17(20)9-7-16/h6-9,12H,10-11H2,1-5H3,(H,21,23). The predicted octanol–water partition coefficient (Wildman–Crippen LogP) is 3.99. The van der Waals surface area contributed by atoms with Gasteiger partial charge in [0.15, 0.2) is 0 Å². The third-order valence-electron chi connectivity index (χ3n) is 4.28. The van der Waals surface area contributed by atoms with Crippen molar-refractivity contribution in [2.24, 2.45) is 5.92 Å². The first kappa shape index (κ1) is 17.3. The second kappa shape index (κ2) is 6.99. The van der Waals surface area contributed by atoms with Gasteiger partial charge in [-0.25, -0.2) is 4.39 Å². The fraction of sp³-hybridized carbons (Fsp3) is 0.421. The van der Waals surface area contributed by atoms with Gasteiger partial charge in [0, 0.05) is 18.8 Å². The Balaban J connectivity index is 2.36. The number of rotatable bonds is 5. The number of carbonyl (C=O) groups excluding carboxylic acids is 1. The quantitative estimate of drug-likeness (QED) is 0.889. The van der Waals surface area contributed by atoms with E-state index in [9.17, 15) is 9.18 Å². The van der Waals surface area contributed by atoms with Crippen molar-refractivity contribution in [3.63, 3.8) is 0 Å². The summed E-state index contributed by atoms with van der Waals surface area (Å²) < 4.78 is 15.1. The van der Waals surface area contributed by atoms with Crippen LogP contribution in [0.4, 0.5) is 4.39 Å². The summed E-state index contributed by atoms with van der Waals surface area (Å²) in [4.78, 5) is 12.6. The molecule has 0 atom stereocenters. The minimum atomic E-state index is -0.250. The van der Waals surface area contributed by atoms with Gasteiger partial charge in [0.05, 0.1) is 0 Å². The van der Waals surface area contributed by atoms with Crippen LogP contribution in [-0.4, -0.2) is 17.0 Å². The van der Waals surface area contributed by atoms with Crippen molar-refractivity contribution >= 4 is 5.91 Å². The van der Waals surface area contributed by atoms with E-state index in [4.69, 9.17) is 0 Å². The molecule has 0 unspecified atom stereocenters. The molecule has 2 rings (SSSR count). The molecule has 0 saturated heterocycles. The van der Waals surface area contributed by atoms with Gasteiger partial charge in [-0.1, -0.05) is 26.0 Å². The van der Waals surface area contributed by atoms with Gasteiger partial charge in [-0.15, -0.1) is 0 Å². The summed E-state index contributed by atoms with van der Waals surface area (Å²) in [5.74, 6) is 0.108. The molecule has 0 aliphatic rings. The first-order valence-corrected chi connectivity index (χ1v) is 8.00. The number of aromatic nitrogens is 1. The molecular weight excluding hydrogens is 291 g/mol. The molecule has 0 radical (unpaired) electrons. The number of carbonyl (C=O) groups is 1. The number of benzene rings is 1. The van der Waals surface area contributed by atoms with Gasteiger partial charge < -0.3 is 9.88 Å². The maximum atomic E-state index is 13.1. The second-order valence-corrected chi connectivity index (χ2v) is 6.50. The van der Waals surface area contributed by atoms with Gasteiger partial charge in [-0.2, -0.15) is 0 Å². The smallest absolute Gasteiger partial charge is 0.268 e. The van der Waals surface area contributed by atoms with E-state index in [1.165, 1.54) is 12.1 Å². The van der Waals surface area contributed by atoms with Gasteiger partial charge >= 0.3 is 0 Å². The van der Waals surface area contributed by atoms with E-state index in [0.29, 0.717) is 24.7 Å². The average Bonchev–Trinajstić information content (AvgIpc) is 2.71. The van der Waals surface area contributed by atoms with Gasteiger partial charge in [0.1, 0.15) is 11.5 Å². The summed E-state index contributed by atoms with van der Waals surface area (Å²) in [7, 11) is 0. The zero-order valence-electron chi connectivity index (χ0n) is 14.5. The molecule has 1 amide bonds. The molecular formula is C19H25FN2O. The number of hydrogen-bond acceptors (Lipinski definition) is 1. The predicted molar refractivity (Wildman–Crippen MR) is 91.3 cm³/mol. The molecule has 1 aromatic carbocycles. The Hall–Kier alpha value is -2.10. The minimum absolute atomic E-state index is 0.0467. The number of halogens is 1.